The van der Waals surface area contributed by atoms with Crippen LogP contribution in [0.15, 0.2) is 78.7 Å². The van der Waals surface area contributed by atoms with Crippen LogP contribution in [0.2, 0.25) is 0 Å². The first-order valence-corrected chi connectivity index (χ1v) is 9.10. The van der Waals surface area contributed by atoms with Crippen LogP contribution in [0, 0.1) is 0 Å². The highest BCUT2D eigenvalue weighted by Gasteiger charge is 2.08. The molecule has 132 valence electrons. The topological polar surface area (TPSA) is 79.8 Å². The van der Waals surface area contributed by atoms with Crippen LogP contribution in [-0.2, 0) is 0 Å². The number of benzene rings is 1. The maximum Gasteiger partial charge on any atom is 0.257 e. The van der Waals surface area contributed by atoms with Gasteiger partial charge >= 0.3 is 0 Å². The Morgan fingerprint density at radius 2 is 1.67 bits per heavy atom. The van der Waals surface area contributed by atoms with Gasteiger partial charge < -0.3 is 10.6 Å². The minimum absolute atomic E-state index is 0.188. The van der Waals surface area contributed by atoms with Crippen molar-refractivity contribution in [3.63, 3.8) is 0 Å². The Balaban J connectivity index is 1.44. The Bertz CT molecular complexity index is 1030. The fraction of sp³-hybridized carbons (Fsp3) is 0. The number of anilines is 3. The van der Waals surface area contributed by atoms with E-state index < -0.39 is 0 Å². The summed E-state index contributed by atoms with van der Waals surface area (Å²) in [6.45, 7) is 0. The second kappa shape index (κ2) is 7.76. The molecule has 0 aliphatic heterocycles. The second-order valence-corrected chi connectivity index (χ2v) is 6.54. The largest absolute Gasteiger partial charge is 0.330 e. The first-order valence-electron chi connectivity index (χ1n) is 8.22. The fourth-order valence-corrected chi connectivity index (χ4v) is 3.19. The molecule has 0 atom stereocenters. The number of thiazole rings is 1. The lowest BCUT2D eigenvalue weighted by Crippen LogP contribution is -2.11. The van der Waals surface area contributed by atoms with E-state index in [2.05, 4.69) is 25.6 Å². The number of hydrogen-bond donors (Lipinski definition) is 2. The Hall–Kier alpha value is -3.58. The number of carbonyl (C=O) groups is 1. The highest BCUT2D eigenvalue weighted by atomic mass is 32.1. The van der Waals surface area contributed by atoms with Gasteiger partial charge in [-0.3, -0.25) is 14.8 Å². The summed E-state index contributed by atoms with van der Waals surface area (Å²) in [4.78, 5) is 24.8. The van der Waals surface area contributed by atoms with Crippen molar-refractivity contribution in [2.45, 2.75) is 0 Å². The smallest absolute Gasteiger partial charge is 0.257 e. The van der Waals surface area contributed by atoms with Gasteiger partial charge in [-0.25, -0.2) is 4.98 Å². The van der Waals surface area contributed by atoms with Gasteiger partial charge in [-0.15, -0.1) is 11.3 Å². The molecule has 0 unspecified atom stereocenters. The molecule has 1 aromatic carbocycles. The van der Waals surface area contributed by atoms with Crippen molar-refractivity contribution in [3.8, 4) is 11.3 Å². The molecule has 0 spiro atoms. The van der Waals surface area contributed by atoms with Crippen molar-refractivity contribution in [1.29, 1.82) is 0 Å². The lowest BCUT2D eigenvalue weighted by atomic mass is 10.1. The van der Waals surface area contributed by atoms with E-state index >= 15 is 0 Å². The number of amides is 1. The highest BCUT2D eigenvalue weighted by Crippen LogP contribution is 2.27. The summed E-state index contributed by atoms with van der Waals surface area (Å²) in [5.74, 6) is -0.188. The molecule has 27 heavy (non-hydrogen) atoms. The molecule has 0 aliphatic rings. The maximum absolute atomic E-state index is 12.2. The quantitative estimate of drug-likeness (QED) is 0.535. The number of pyridine rings is 2. The van der Waals surface area contributed by atoms with Crippen LogP contribution in [-0.4, -0.2) is 20.9 Å². The van der Waals surface area contributed by atoms with E-state index in [0.29, 0.717) is 5.56 Å². The lowest BCUT2D eigenvalue weighted by Gasteiger charge is -2.05. The number of carbonyl (C=O) groups excluding carboxylic acids is 1. The van der Waals surface area contributed by atoms with Gasteiger partial charge in [0.2, 0.25) is 0 Å². The molecule has 1 amide bonds. The number of nitrogens with zero attached hydrogens (tertiary/aromatic N) is 3. The van der Waals surface area contributed by atoms with Crippen LogP contribution in [0.4, 0.5) is 16.5 Å². The number of rotatable bonds is 5. The Labute approximate surface area is 160 Å². The fourth-order valence-electron chi connectivity index (χ4n) is 2.45. The predicted octanol–water partition coefficient (Wildman–Crippen LogP) is 4.60. The minimum atomic E-state index is -0.188. The second-order valence-electron chi connectivity index (χ2n) is 5.68. The summed E-state index contributed by atoms with van der Waals surface area (Å²) in [7, 11) is 0. The molecule has 2 N–H and O–H groups in total. The summed E-state index contributed by atoms with van der Waals surface area (Å²) in [6, 6.07) is 14.8. The van der Waals surface area contributed by atoms with Gasteiger partial charge in [-0.1, -0.05) is 12.1 Å². The zero-order valence-corrected chi connectivity index (χ0v) is 15.0. The maximum atomic E-state index is 12.2. The summed E-state index contributed by atoms with van der Waals surface area (Å²) in [5, 5.41) is 8.88. The van der Waals surface area contributed by atoms with E-state index in [0.717, 1.165) is 27.8 Å². The molecule has 0 bridgehead atoms. The van der Waals surface area contributed by atoms with Crippen molar-refractivity contribution in [1.82, 2.24) is 15.0 Å². The van der Waals surface area contributed by atoms with E-state index in [-0.39, 0.29) is 5.91 Å². The van der Waals surface area contributed by atoms with E-state index in [1.54, 1.807) is 30.7 Å². The molecular weight excluding hydrogens is 358 g/mol. The van der Waals surface area contributed by atoms with Gasteiger partial charge in [0.1, 0.15) is 0 Å². The van der Waals surface area contributed by atoms with E-state index in [1.807, 2.05) is 41.8 Å². The lowest BCUT2D eigenvalue weighted by molar-refractivity contribution is 0.102. The standard InChI is InChI=1S/C20H15N5OS/c26-19(15-3-1-9-21-11-15)23-16-7-5-14(6-8-16)18-13-27-20(25-18)24-17-4-2-10-22-12-17/h1-13H,(H,23,26)(H,24,25). The zero-order chi connectivity index (χ0) is 18.5. The third-order valence-corrected chi connectivity index (χ3v) is 4.54. The molecule has 0 fully saturated rings. The van der Waals surface area contributed by atoms with Crippen LogP contribution < -0.4 is 10.6 Å². The molecule has 6 nitrogen and oxygen atoms in total. The molecule has 3 heterocycles. The van der Waals surface area contributed by atoms with Crippen LogP contribution in [0.3, 0.4) is 0 Å². The minimum Gasteiger partial charge on any atom is -0.330 e. The average Bonchev–Trinajstić information content (AvgIpc) is 3.18. The third kappa shape index (κ3) is 4.16. The van der Waals surface area contributed by atoms with Gasteiger partial charge in [0.25, 0.3) is 5.91 Å². The molecule has 4 aromatic rings. The first-order chi connectivity index (χ1) is 13.3. The van der Waals surface area contributed by atoms with Gasteiger partial charge in [0.05, 0.1) is 23.1 Å². The van der Waals surface area contributed by atoms with Crippen LogP contribution in [0.25, 0.3) is 11.3 Å². The number of nitrogens with one attached hydrogen (secondary N) is 2. The van der Waals surface area contributed by atoms with Gasteiger partial charge in [0, 0.05) is 35.2 Å². The summed E-state index contributed by atoms with van der Waals surface area (Å²) >= 11 is 1.52. The SMILES string of the molecule is O=C(Nc1ccc(-c2csc(Nc3cccnc3)n2)cc1)c1cccnc1. The Morgan fingerprint density at radius 3 is 2.37 bits per heavy atom. The molecule has 0 aliphatic carbocycles. The molecule has 0 saturated heterocycles. The molecular formula is C20H15N5OS. The normalized spacial score (nSPS) is 10.4. The van der Waals surface area contributed by atoms with E-state index in [9.17, 15) is 4.79 Å². The Kier molecular flexibility index (Phi) is 4.84. The monoisotopic (exact) mass is 373 g/mol. The molecule has 3 aromatic heterocycles. The van der Waals surface area contributed by atoms with E-state index in [4.69, 9.17) is 0 Å². The highest BCUT2D eigenvalue weighted by molar-refractivity contribution is 7.14. The van der Waals surface area contributed by atoms with E-state index in [1.165, 1.54) is 17.5 Å². The molecule has 0 saturated carbocycles. The summed E-state index contributed by atoms with van der Waals surface area (Å²) in [5.41, 5.74) is 3.98. The third-order valence-electron chi connectivity index (χ3n) is 3.78. The van der Waals surface area contributed by atoms with Gasteiger partial charge in [0.15, 0.2) is 5.13 Å². The van der Waals surface area contributed by atoms with Crippen molar-refractivity contribution in [3.05, 3.63) is 84.3 Å². The zero-order valence-electron chi connectivity index (χ0n) is 14.2. The Morgan fingerprint density at radius 1 is 0.889 bits per heavy atom. The predicted molar refractivity (Wildman–Crippen MR) is 107 cm³/mol. The average molecular weight is 373 g/mol. The van der Waals surface area contributed by atoms with Gasteiger partial charge in [-0.05, 0) is 36.4 Å². The number of aromatic nitrogens is 3. The molecule has 0 radical (unpaired) electrons. The van der Waals surface area contributed by atoms with Crippen LogP contribution in [0.5, 0.6) is 0 Å². The van der Waals surface area contributed by atoms with Crippen molar-refractivity contribution >= 4 is 33.8 Å². The summed E-state index contributed by atoms with van der Waals surface area (Å²) in [6.07, 6.45) is 6.65. The molecule has 4 rings (SSSR count). The van der Waals surface area contributed by atoms with Crippen molar-refractivity contribution in [2.24, 2.45) is 0 Å². The summed E-state index contributed by atoms with van der Waals surface area (Å²) < 4.78 is 0. The van der Waals surface area contributed by atoms with Crippen molar-refractivity contribution < 1.29 is 4.79 Å². The van der Waals surface area contributed by atoms with Crippen molar-refractivity contribution in [2.75, 3.05) is 10.6 Å². The van der Waals surface area contributed by atoms with Gasteiger partial charge in [-0.2, -0.15) is 0 Å². The number of hydrogen-bond acceptors (Lipinski definition) is 6. The first kappa shape index (κ1) is 16.9. The molecule has 7 heteroatoms. The van der Waals surface area contributed by atoms with Crippen LogP contribution in [0.1, 0.15) is 10.4 Å². The van der Waals surface area contributed by atoms with Crippen LogP contribution >= 0.6 is 11.3 Å².